The van der Waals surface area contributed by atoms with Crippen LogP contribution in [0.25, 0.3) is 0 Å². The lowest BCUT2D eigenvalue weighted by atomic mass is 10.3. The summed E-state index contributed by atoms with van der Waals surface area (Å²) in [5.41, 5.74) is 0.230. The molecular weight excluding hydrogens is 240 g/mol. The van der Waals surface area contributed by atoms with Crippen LogP contribution in [-0.4, -0.2) is 40.4 Å². The summed E-state index contributed by atoms with van der Waals surface area (Å²) in [6.45, 7) is -0.827. The van der Waals surface area contributed by atoms with Crippen molar-refractivity contribution in [2.45, 2.75) is 0 Å². The number of carbonyl (C=O) groups is 4. The van der Waals surface area contributed by atoms with E-state index < -0.39 is 30.4 Å². The highest BCUT2D eigenvalue weighted by molar-refractivity contribution is 6.53. The van der Waals surface area contributed by atoms with E-state index in [1.165, 1.54) is 12.1 Å². The first-order chi connectivity index (χ1) is 8.52. The molecule has 0 radical (unpaired) electrons. The van der Waals surface area contributed by atoms with Crippen molar-refractivity contribution in [2.24, 2.45) is 0 Å². The third kappa shape index (κ3) is 1.81. The van der Waals surface area contributed by atoms with E-state index in [1.807, 2.05) is 0 Å². The fourth-order valence-corrected chi connectivity index (χ4v) is 1.58. The van der Waals surface area contributed by atoms with Crippen LogP contribution in [0.15, 0.2) is 30.3 Å². The van der Waals surface area contributed by atoms with Crippen molar-refractivity contribution in [1.82, 2.24) is 4.90 Å². The fraction of sp³-hybridized carbons (Fsp3) is 0.0909. The molecule has 18 heavy (non-hydrogen) atoms. The van der Waals surface area contributed by atoms with Crippen LogP contribution in [0.4, 0.5) is 10.5 Å². The van der Waals surface area contributed by atoms with Crippen LogP contribution in [0.3, 0.4) is 0 Å². The van der Waals surface area contributed by atoms with Crippen molar-refractivity contribution in [3.63, 3.8) is 0 Å². The molecule has 0 spiro atoms. The standard InChI is InChI=1S/C11H8N2O5/c14-8(15)6-12-9(16)10(17)13(11(12)18)7-4-2-1-3-5-7/h1-5H,6H2,(H,14,15). The van der Waals surface area contributed by atoms with E-state index in [-0.39, 0.29) is 5.69 Å². The van der Waals surface area contributed by atoms with Crippen molar-refractivity contribution >= 4 is 29.5 Å². The monoisotopic (exact) mass is 248 g/mol. The van der Waals surface area contributed by atoms with Crippen LogP contribution in [0.2, 0.25) is 0 Å². The molecular formula is C11H8N2O5. The highest BCUT2D eigenvalue weighted by atomic mass is 16.4. The van der Waals surface area contributed by atoms with Gasteiger partial charge in [0.15, 0.2) is 0 Å². The van der Waals surface area contributed by atoms with E-state index >= 15 is 0 Å². The van der Waals surface area contributed by atoms with Crippen LogP contribution in [-0.2, 0) is 14.4 Å². The van der Waals surface area contributed by atoms with Crippen molar-refractivity contribution in [3.8, 4) is 0 Å². The minimum atomic E-state index is -1.36. The number of imide groups is 2. The average Bonchev–Trinajstić information content (AvgIpc) is 2.54. The molecule has 0 atom stereocenters. The third-order valence-electron chi connectivity index (χ3n) is 2.36. The van der Waals surface area contributed by atoms with Gasteiger partial charge in [-0.15, -0.1) is 0 Å². The van der Waals surface area contributed by atoms with Crippen molar-refractivity contribution in [3.05, 3.63) is 30.3 Å². The number of hydrogen-bond acceptors (Lipinski definition) is 4. The van der Waals surface area contributed by atoms with Gasteiger partial charge >= 0.3 is 23.8 Å². The van der Waals surface area contributed by atoms with E-state index in [2.05, 4.69) is 0 Å². The number of nitrogens with zero attached hydrogens (tertiary/aromatic N) is 2. The predicted octanol–water partition coefficient (Wildman–Crippen LogP) is 0.0664. The maximum absolute atomic E-state index is 11.8. The van der Waals surface area contributed by atoms with Gasteiger partial charge in [0.2, 0.25) is 0 Å². The highest BCUT2D eigenvalue weighted by Crippen LogP contribution is 2.21. The van der Waals surface area contributed by atoms with E-state index in [9.17, 15) is 19.2 Å². The van der Waals surface area contributed by atoms with Crippen LogP contribution in [0, 0.1) is 0 Å². The number of hydrogen-bond donors (Lipinski definition) is 1. The van der Waals surface area contributed by atoms with Gasteiger partial charge in [-0.2, -0.15) is 0 Å². The Bertz CT molecular complexity index is 540. The summed E-state index contributed by atoms with van der Waals surface area (Å²) in [6.07, 6.45) is 0. The highest BCUT2D eigenvalue weighted by Gasteiger charge is 2.46. The van der Waals surface area contributed by atoms with Crippen LogP contribution in [0.1, 0.15) is 0 Å². The number of carboxylic acids is 1. The lowest BCUT2D eigenvalue weighted by Crippen LogP contribution is -2.36. The zero-order valence-corrected chi connectivity index (χ0v) is 9.07. The minimum absolute atomic E-state index is 0.230. The number of carboxylic acid groups (broad SMARTS) is 1. The summed E-state index contributed by atoms with van der Waals surface area (Å²) in [6, 6.07) is 6.89. The van der Waals surface area contributed by atoms with E-state index in [4.69, 9.17) is 5.11 Å². The Labute approximate surface area is 101 Å². The van der Waals surface area contributed by atoms with Crippen molar-refractivity contribution in [2.75, 3.05) is 11.4 Å². The predicted molar refractivity (Wildman–Crippen MR) is 58.7 cm³/mol. The fourth-order valence-electron chi connectivity index (χ4n) is 1.58. The maximum Gasteiger partial charge on any atom is 0.339 e. The second kappa shape index (κ2) is 4.28. The largest absolute Gasteiger partial charge is 0.480 e. The average molecular weight is 248 g/mol. The van der Waals surface area contributed by atoms with Crippen molar-refractivity contribution in [1.29, 1.82) is 0 Å². The van der Waals surface area contributed by atoms with Crippen LogP contribution < -0.4 is 4.90 Å². The van der Waals surface area contributed by atoms with Gasteiger partial charge < -0.3 is 5.11 Å². The summed E-state index contributed by atoms with van der Waals surface area (Å²) in [7, 11) is 0. The number of aliphatic carboxylic acids is 1. The molecule has 92 valence electrons. The molecule has 0 aromatic heterocycles. The zero-order chi connectivity index (χ0) is 13.3. The number of amides is 4. The second-order valence-corrected chi connectivity index (χ2v) is 3.54. The minimum Gasteiger partial charge on any atom is -0.480 e. The maximum atomic E-state index is 11.8. The zero-order valence-electron chi connectivity index (χ0n) is 9.07. The molecule has 1 heterocycles. The van der Waals surface area contributed by atoms with E-state index in [0.717, 1.165) is 0 Å². The number of rotatable bonds is 3. The van der Waals surface area contributed by atoms with E-state index in [1.54, 1.807) is 18.2 Å². The SMILES string of the molecule is O=C(O)CN1C(=O)C(=O)N(c2ccccc2)C1=O. The lowest BCUT2D eigenvalue weighted by Gasteiger charge is -2.13. The molecule has 1 aliphatic heterocycles. The summed E-state index contributed by atoms with van der Waals surface area (Å²) in [5, 5.41) is 8.58. The number of anilines is 1. The molecule has 7 heteroatoms. The molecule has 0 aliphatic carbocycles. The number of urea groups is 1. The molecule has 1 saturated heterocycles. The Kier molecular flexibility index (Phi) is 2.80. The molecule has 2 rings (SSSR count). The van der Waals surface area contributed by atoms with E-state index in [0.29, 0.717) is 9.80 Å². The Morgan fingerprint density at radius 1 is 1.06 bits per heavy atom. The second-order valence-electron chi connectivity index (χ2n) is 3.54. The Morgan fingerprint density at radius 2 is 1.67 bits per heavy atom. The van der Waals surface area contributed by atoms with Crippen LogP contribution in [0.5, 0.6) is 0 Å². The third-order valence-corrected chi connectivity index (χ3v) is 2.36. The van der Waals surface area contributed by atoms with Gasteiger partial charge in [-0.3, -0.25) is 14.4 Å². The van der Waals surface area contributed by atoms with Gasteiger partial charge in [-0.05, 0) is 12.1 Å². The van der Waals surface area contributed by atoms with Crippen molar-refractivity contribution < 1.29 is 24.3 Å². The molecule has 1 aliphatic rings. The Balaban J connectivity index is 2.35. The van der Waals surface area contributed by atoms with Gasteiger partial charge in [0.05, 0.1) is 5.69 Å². The number of para-hydroxylation sites is 1. The first kappa shape index (κ1) is 11.8. The molecule has 1 aromatic carbocycles. The molecule has 7 nitrogen and oxygen atoms in total. The normalized spacial score (nSPS) is 15.4. The molecule has 1 fully saturated rings. The first-order valence-corrected chi connectivity index (χ1v) is 4.99. The summed E-state index contributed by atoms with van der Waals surface area (Å²) in [4.78, 5) is 46.5. The quantitative estimate of drug-likeness (QED) is 0.603. The van der Waals surface area contributed by atoms with Crippen LogP contribution >= 0.6 is 0 Å². The summed E-state index contributed by atoms with van der Waals surface area (Å²) >= 11 is 0. The molecule has 1 aromatic rings. The molecule has 0 unspecified atom stereocenters. The first-order valence-electron chi connectivity index (χ1n) is 4.99. The Morgan fingerprint density at radius 3 is 2.22 bits per heavy atom. The Hall–Kier alpha value is -2.70. The number of benzene rings is 1. The van der Waals surface area contributed by atoms with Gasteiger partial charge in [-0.25, -0.2) is 14.6 Å². The lowest BCUT2D eigenvalue weighted by molar-refractivity contribution is -0.144. The molecule has 0 bridgehead atoms. The molecule has 4 amide bonds. The summed E-state index contributed by atoms with van der Waals surface area (Å²) < 4.78 is 0. The summed E-state index contributed by atoms with van der Waals surface area (Å²) in [5.74, 6) is -3.54. The smallest absolute Gasteiger partial charge is 0.339 e. The van der Waals surface area contributed by atoms with Gasteiger partial charge in [0.25, 0.3) is 0 Å². The number of carbonyl (C=O) groups excluding carboxylic acids is 3. The van der Waals surface area contributed by atoms with Gasteiger partial charge in [0, 0.05) is 0 Å². The molecule has 0 saturated carbocycles. The topological polar surface area (TPSA) is 95.0 Å². The molecule has 1 N–H and O–H groups in total. The van der Waals surface area contributed by atoms with Gasteiger partial charge in [0.1, 0.15) is 6.54 Å². The van der Waals surface area contributed by atoms with Gasteiger partial charge in [-0.1, -0.05) is 18.2 Å².